The molecule has 0 aromatic heterocycles. The van der Waals surface area contributed by atoms with Crippen LogP contribution < -0.4 is 5.32 Å². The van der Waals surface area contributed by atoms with E-state index < -0.39 is 11.6 Å². The van der Waals surface area contributed by atoms with Crippen molar-refractivity contribution >= 4 is 5.97 Å². The third kappa shape index (κ3) is 1.35. The highest BCUT2D eigenvalue weighted by Gasteiger charge is 2.50. The van der Waals surface area contributed by atoms with Crippen molar-refractivity contribution in [2.24, 2.45) is 0 Å². The minimum absolute atomic E-state index is 0.304. The molecule has 2 N–H and O–H groups in total. The number of hydrogen-bond acceptors (Lipinski definition) is 4. The van der Waals surface area contributed by atoms with Crippen LogP contribution in [0.3, 0.4) is 0 Å². The second kappa shape index (κ2) is 3.37. The van der Waals surface area contributed by atoms with E-state index in [0.29, 0.717) is 0 Å². The van der Waals surface area contributed by atoms with Gasteiger partial charge in [-0.15, -0.1) is 0 Å². The maximum absolute atomic E-state index is 10.9. The molecule has 1 aliphatic carbocycles. The Morgan fingerprint density at radius 1 is 1.64 bits per heavy atom. The van der Waals surface area contributed by atoms with Crippen molar-refractivity contribution in [3.05, 3.63) is 12.2 Å². The summed E-state index contributed by atoms with van der Waals surface area (Å²) in [6.45, 7) is 2.26. The van der Waals surface area contributed by atoms with E-state index in [1.165, 1.54) is 6.92 Å². The molecule has 2 aliphatic rings. The van der Waals surface area contributed by atoms with Gasteiger partial charge in [-0.25, -0.2) is 0 Å². The normalized spacial score (nSPS) is 40.7. The summed E-state index contributed by atoms with van der Waals surface area (Å²) < 4.78 is 5.17. The van der Waals surface area contributed by atoms with Gasteiger partial charge in [0.05, 0.1) is 11.6 Å². The van der Waals surface area contributed by atoms with E-state index in [2.05, 4.69) is 5.32 Å². The van der Waals surface area contributed by atoms with Gasteiger partial charge in [0.1, 0.15) is 6.10 Å². The number of aliphatic hydroxyl groups excluding tert-OH is 1. The SMILES string of the molecule is CC(=O)O[C@@H]1C=C[C@H](O)[C@]12CCCN2. The summed E-state index contributed by atoms with van der Waals surface area (Å²) in [4.78, 5) is 10.9. The molecule has 1 saturated heterocycles. The lowest BCUT2D eigenvalue weighted by Crippen LogP contribution is -2.55. The van der Waals surface area contributed by atoms with Crippen LogP contribution in [0.25, 0.3) is 0 Å². The fraction of sp³-hybridized carbons (Fsp3) is 0.700. The fourth-order valence-corrected chi connectivity index (χ4v) is 2.33. The first kappa shape index (κ1) is 9.68. The van der Waals surface area contributed by atoms with Gasteiger partial charge in [0.15, 0.2) is 0 Å². The van der Waals surface area contributed by atoms with Crippen molar-refractivity contribution in [2.75, 3.05) is 6.54 Å². The zero-order chi connectivity index (χ0) is 10.2. The molecule has 1 aliphatic heterocycles. The number of carbonyl (C=O) groups is 1. The number of ether oxygens (including phenoxy) is 1. The summed E-state index contributed by atoms with van der Waals surface area (Å²) in [6.07, 6.45) is 4.46. The molecule has 0 amide bonds. The highest BCUT2D eigenvalue weighted by atomic mass is 16.5. The summed E-state index contributed by atoms with van der Waals surface area (Å²) in [6, 6.07) is 0. The molecule has 4 nitrogen and oxygen atoms in total. The summed E-state index contributed by atoms with van der Waals surface area (Å²) in [5.74, 6) is -0.304. The zero-order valence-electron chi connectivity index (χ0n) is 8.19. The Kier molecular flexibility index (Phi) is 2.33. The third-order valence-electron chi connectivity index (χ3n) is 3.02. The van der Waals surface area contributed by atoms with Crippen LogP contribution in [0.15, 0.2) is 12.2 Å². The van der Waals surface area contributed by atoms with Gasteiger partial charge in [-0.05, 0) is 25.5 Å². The van der Waals surface area contributed by atoms with E-state index >= 15 is 0 Å². The molecular weight excluding hydrogens is 182 g/mol. The molecule has 0 aromatic rings. The van der Waals surface area contributed by atoms with Gasteiger partial charge >= 0.3 is 5.97 Å². The van der Waals surface area contributed by atoms with E-state index in [4.69, 9.17) is 4.74 Å². The van der Waals surface area contributed by atoms with Crippen LogP contribution in [-0.4, -0.2) is 35.4 Å². The molecule has 3 atom stereocenters. The molecule has 0 aromatic carbocycles. The Bertz CT molecular complexity index is 269. The lowest BCUT2D eigenvalue weighted by Gasteiger charge is -2.33. The topological polar surface area (TPSA) is 58.6 Å². The number of nitrogens with one attached hydrogen (secondary N) is 1. The van der Waals surface area contributed by atoms with E-state index in [1.807, 2.05) is 0 Å². The van der Waals surface area contributed by atoms with Gasteiger partial charge in [-0.1, -0.05) is 6.08 Å². The number of rotatable bonds is 1. The summed E-state index contributed by atoms with van der Waals surface area (Å²) in [5.41, 5.74) is -0.453. The van der Waals surface area contributed by atoms with Crippen molar-refractivity contribution < 1.29 is 14.6 Å². The minimum Gasteiger partial charge on any atom is -0.456 e. The smallest absolute Gasteiger partial charge is 0.303 e. The van der Waals surface area contributed by atoms with Crippen LogP contribution in [0.4, 0.5) is 0 Å². The highest BCUT2D eigenvalue weighted by Crippen LogP contribution is 2.34. The van der Waals surface area contributed by atoms with Crippen molar-refractivity contribution in [1.29, 1.82) is 0 Å². The standard InChI is InChI=1S/C10H15NO3/c1-7(12)14-9-4-3-8(13)10(9)5-2-6-11-10/h3-4,8-9,11,13H,2,5-6H2,1H3/t8-,9+,10+/m0/s1. The highest BCUT2D eigenvalue weighted by molar-refractivity contribution is 5.66. The lowest BCUT2D eigenvalue weighted by atomic mass is 9.90. The molecule has 1 spiro atoms. The van der Waals surface area contributed by atoms with Crippen LogP contribution >= 0.6 is 0 Å². The molecule has 0 unspecified atom stereocenters. The second-order valence-electron chi connectivity index (χ2n) is 3.93. The Morgan fingerprint density at radius 3 is 3.00 bits per heavy atom. The summed E-state index contributed by atoms with van der Waals surface area (Å²) in [5, 5.41) is 13.1. The van der Waals surface area contributed by atoms with Gasteiger partial charge in [-0.2, -0.15) is 0 Å². The van der Waals surface area contributed by atoms with Crippen molar-refractivity contribution in [2.45, 2.75) is 37.5 Å². The van der Waals surface area contributed by atoms with Crippen LogP contribution in [0.1, 0.15) is 19.8 Å². The largest absolute Gasteiger partial charge is 0.456 e. The first-order valence-electron chi connectivity index (χ1n) is 4.94. The maximum atomic E-state index is 10.9. The van der Waals surface area contributed by atoms with Crippen LogP contribution in [-0.2, 0) is 9.53 Å². The van der Waals surface area contributed by atoms with Crippen LogP contribution in [0, 0.1) is 0 Å². The fourth-order valence-electron chi connectivity index (χ4n) is 2.33. The Hall–Kier alpha value is -0.870. The number of carbonyl (C=O) groups excluding carboxylic acids is 1. The minimum atomic E-state index is -0.547. The average molecular weight is 197 g/mol. The number of hydrogen-bond donors (Lipinski definition) is 2. The van der Waals surface area contributed by atoms with E-state index in [0.717, 1.165) is 19.4 Å². The number of aliphatic hydroxyl groups is 1. The van der Waals surface area contributed by atoms with E-state index in [-0.39, 0.29) is 12.1 Å². The predicted octanol–water partition coefficient (Wildman–Crippen LogP) is -0.0290. The molecule has 0 saturated carbocycles. The molecule has 78 valence electrons. The summed E-state index contributed by atoms with van der Waals surface area (Å²) >= 11 is 0. The predicted molar refractivity (Wildman–Crippen MR) is 50.7 cm³/mol. The van der Waals surface area contributed by atoms with Crippen LogP contribution in [0.5, 0.6) is 0 Å². The molecule has 2 rings (SSSR count). The maximum Gasteiger partial charge on any atom is 0.303 e. The van der Waals surface area contributed by atoms with Gasteiger partial charge in [0, 0.05) is 6.92 Å². The Balaban J connectivity index is 2.16. The molecule has 0 bridgehead atoms. The molecule has 4 heteroatoms. The number of esters is 1. The van der Waals surface area contributed by atoms with Gasteiger partial charge < -0.3 is 15.2 Å². The quantitative estimate of drug-likeness (QED) is 0.458. The summed E-state index contributed by atoms with van der Waals surface area (Å²) in [7, 11) is 0. The van der Waals surface area contributed by atoms with Crippen molar-refractivity contribution in [3.8, 4) is 0 Å². The van der Waals surface area contributed by atoms with Crippen LogP contribution in [0.2, 0.25) is 0 Å². The van der Waals surface area contributed by atoms with Crippen molar-refractivity contribution in [3.63, 3.8) is 0 Å². The van der Waals surface area contributed by atoms with Gasteiger partial charge in [0.2, 0.25) is 0 Å². The second-order valence-corrected chi connectivity index (χ2v) is 3.93. The van der Waals surface area contributed by atoms with E-state index in [1.54, 1.807) is 12.2 Å². The Morgan fingerprint density at radius 2 is 2.43 bits per heavy atom. The molecule has 0 radical (unpaired) electrons. The first-order chi connectivity index (χ1) is 6.65. The average Bonchev–Trinajstić information content (AvgIpc) is 2.69. The van der Waals surface area contributed by atoms with Gasteiger partial charge in [-0.3, -0.25) is 4.79 Å². The first-order valence-corrected chi connectivity index (χ1v) is 4.94. The molecule has 1 fully saturated rings. The third-order valence-corrected chi connectivity index (χ3v) is 3.02. The Labute approximate surface area is 82.9 Å². The zero-order valence-corrected chi connectivity index (χ0v) is 8.19. The molecular formula is C10H15NO3. The monoisotopic (exact) mass is 197 g/mol. The molecule has 1 heterocycles. The molecule has 14 heavy (non-hydrogen) atoms. The van der Waals surface area contributed by atoms with Gasteiger partial charge in [0.25, 0.3) is 0 Å². The van der Waals surface area contributed by atoms with E-state index in [9.17, 15) is 9.90 Å². The van der Waals surface area contributed by atoms with Crippen molar-refractivity contribution in [1.82, 2.24) is 5.32 Å². The lowest BCUT2D eigenvalue weighted by molar-refractivity contribution is -0.148.